The molecule has 1 N–H and O–H groups in total. The molecule has 0 spiro atoms. The summed E-state index contributed by atoms with van der Waals surface area (Å²) in [5.41, 5.74) is 0.423. The minimum atomic E-state index is -0.414. The van der Waals surface area contributed by atoms with Crippen molar-refractivity contribution in [3.63, 3.8) is 0 Å². The van der Waals surface area contributed by atoms with Crippen LogP contribution in [0.3, 0.4) is 0 Å². The van der Waals surface area contributed by atoms with Gasteiger partial charge in [0.1, 0.15) is 5.82 Å². The summed E-state index contributed by atoms with van der Waals surface area (Å²) in [7, 11) is 1.47. The van der Waals surface area contributed by atoms with Crippen LogP contribution >= 0.6 is 0 Å². The maximum atomic E-state index is 12.9. The summed E-state index contributed by atoms with van der Waals surface area (Å²) >= 11 is 0. The third-order valence-corrected chi connectivity index (χ3v) is 3.83. The van der Waals surface area contributed by atoms with Gasteiger partial charge in [-0.15, -0.1) is 0 Å². The maximum Gasteiger partial charge on any atom is 0.309 e. The lowest BCUT2D eigenvalue weighted by Crippen LogP contribution is -2.41. The van der Waals surface area contributed by atoms with E-state index < -0.39 is 5.97 Å². The fraction of sp³-hybridized carbons (Fsp3) is 0.438. The lowest BCUT2D eigenvalue weighted by Gasteiger charge is -2.31. The number of benzene rings is 1. The molecule has 0 aromatic heterocycles. The van der Waals surface area contributed by atoms with E-state index in [9.17, 15) is 18.8 Å². The number of esters is 1. The highest BCUT2D eigenvalue weighted by Crippen LogP contribution is 2.20. The Balaban J connectivity index is 1.83. The molecule has 0 aliphatic carbocycles. The highest BCUT2D eigenvalue weighted by molar-refractivity contribution is 5.94. The Morgan fingerprint density at radius 1 is 1.22 bits per heavy atom. The van der Waals surface area contributed by atoms with Crippen molar-refractivity contribution < 1.29 is 23.5 Å². The van der Waals surface area contributed by atoms with E-state index in [1.807, 2.05) is 0 Å². The van der Waals surface area contributed by atoms with Gasteiger partial charge in [-0.05, 0) is 37.1 Å². The molecule has 0 atom stereocenters. The number of carbonyl (C=O) groups excluding carboxylic acids is 3. The quantitative estimate of drug-likeness (QED) is 0.838. The minimum Gasteiger partial charge on any atom is -0.455 e. The first-order valence-corrected chi connectivity index (χ1v) is 7.43. The molecule has 1 heterocycles. The first kappa shape index (κ1) is 16.9. The summed E-state index contributed by atoms with van der Waals surface area (Å²) in [6.45, 7) is 0.565. The second kappa shape index (κ2) is 7.71. The molecular weight excluding hydrogens is 303 g/mol. The first-order chi connectivity index (χ1) is 11.0. The zero-order chi connectivity index (χ0) is 16.8. The molecule has 2 rings (SSSR count). The number of hydrogen-bond donors (Lipinski definition) is 1. The summed E-state index contributed by atoms with van der Waals surface area (Å²) < 4.78 is 17.8. The Kier molecular flexibility index (Phi) is 5.67. The Morgan fingerprint density at radius 2 is 1.83 bits per heavy atom. The number of likely N-dealkylation sites (tertiary alicyclic amines) is 1. The van der Waals surface area contributed by atoms with Crippen molar-refractivity contribution in [3.05, 3.63) is 35.6 Å². The van der Waals surface area contributed by atoms with Crippen LogP contribution in [0.1, 0.15) is 23.2 Å². The standard InChI is InChI=1S/C16H19FN2O4/c1-18-14(20)10-23-16(22)12-6-8-19(9-7-12)15(21)11-2-4-13(17)5-3-11/h2-5,12H,6-10H2,1H3,(H,18,20). The van der Waals surface area contributed by atoms with Crippen molar-refractivity contribution in [1.29, 1.82) is 0 Å². The van der Waals surface area contributed by atoms with Gasteiger partial charge in [0.15, 0.2) is 6.61 Å². The van der Waals surface area contributed by atoms with Gasteiger partial charge in [0, 0.05) is 25.7 Å². The van der Waals surface area contributed by atoms with Crippen LogP contribution in [0, 0.1) is 11.7 Å². The number of nitrogens with zero attached hydrogens (tertiary/aromatic N) is 1. The van der Waals surface area contributed by atoms with E-state index in [1.165, 1.54) is 31.3 Å². The van der Waals surface area contributed by atoms with Gasteiger partial charge >= 0.3 is 5.97 Å². The molecule has 0 saturated carbocycles. The Labute approximate surface area is 133 Å². The van der Waals surface area contributed by atoms with Gasteiger partial charge in [-0.25, -0.2) is 4.39 Å². The Hall–Kier alpha value is -2.44. The predicted molar refractivity (Wildman–Crippen MR) is 80.1 cm³/mol. The number of halogens is 1. The highest BCUT2D eigenvalue weighted by Gasteiger charge is 2.29. The number of nitrogens with one attached hydrogen (secondary N) is 1. The Bertz CT molecular complexity index is 580. The van der Waals surface area contributed by atoms with Crippen molar-refractivity contribution >= 4 is 17.8 Å². The van der Waals surface area contributed by atoms with E-state index in [1.54, 1.807) is 4.90 Å². The van der Waals surface area contributed by atoms with Crippen LogP contribution < -0.4 is 5.32 Å². The van der Waals surface area contributed by atoms with Gasteiger partial charge in [-0.2, -0.15) is 0 Å². The molecule has 7 heteroatoms. The molecule has 124 valence electrons. The maximum absolute atomic E-state index is 12.9. The molecule has 2 amide bonds. The molecule has 1 fully saturated rings. The van der Waals surface area contributed by atoms with Crippen LogP contribution in [0.2, 0.25) is 0 Å². The number of amides is 2. The molecule has 1 aliphatic heterocycles. The van der Waals surface area contributed by atoms with Crippen LogP contribution in [0.25, 0.3) is 0 Å². The smallest absolute Gasteiger partial charge is 0.309 e. The SMILES string of the molecule is CNC(=O)COC(=O)C1CCN(C(=O)c2ccc(F)cc2)CC1. The van der Waals surface area contributed by atoms with Gasteiger partial charge in [0.05, 0.1) is 5.92 Å². The van der Waals surface area contributed by atoms with Crippen molar-refractivity contribution in [2.24, 2.45) is 5.92 Å². The third kappa shape index (κ3) is 4.51. The zero-order valence-electron chi connectivity index (χ0n) is 12.9. The van der Waals surface area contributed by atoms with Gasteiger partial charge in [-0.3, -0.25) is 14.4 Å². The molecule has 1 saturated heterocycles. The summed E-state index contributed by atoms with van der Waals surface area (Å²) in [5.74, 6) is -1.65. The highest BCUT2D eigenvalue weighted by atomic mass is 19.1. The van der Waals surface area contributed by atoms with Crippen molar-refractivity contribution in [2.45, 2.75) is 12.8 Å². The van der Waals surface area contributed by atoms with E-state index >= 15 is 0 Å². The first-order valence-electron chi connectivity index (χ1n) is 7.43. The van der Waals surface area contributed by atoms with E-state index in [0.717, 1.165) is 0 Å². The van der Waals surface area contributed by atoms with E-state index in [4.69, 9.17) is 4.74 Å². The average molecular weight is 322 g/mol. The lowest BCUT2D eigenvalue weighted by molar-refractivity contribution is -0.153. The fourth-order valence-electron chi connectivity index (χ4n) is 2.42. The fourth-order valence-corrected chi connectivity index (χ4v) is 2.42. The van der Waals surface area contributed by atoms with Crippen LogP contribution in [0.5, 0.6) is 0 Å². The topological polar surface area (TPSA) is 75.7 Å². The van der Waals surface area contributed by atoms with Gasteiger partial charge in [0.25, 0.3) is 11.8 Å². The van der Waals surface area contributed by atoms with E-state index in [2.05, 4.69) is 5.32 Å². The van der Waals surface area contributed by atoms with Crippen LogP contribution in [0.4, 0.5) is 4.39 Å². The molecule has 0 unspecified atom stereocenters. The molecule has 1 aliphatic rings. The summed E-state index contributed by atoms with van der Waals surface area (Å²) in [4.78, 5) is 36.8. The van der Waals surface area contributed by atoms with E-state index in [0.29, 0.717) is 31.5 Å². The van der Waals surface area contributed by atoms with Crippen LogP contribution in [0.15, 0.2) is 24.3 Å². The minimum absolute atomic E-state index is 0.179. The van der Waals surface area contributed by atoms with E-state index in [-0.39, 0.29) is 30.2 Å². The van der Waals surface area contributed by atoms with Gasteiger partial charge in [-0.1, -0.05) is 0 Å². The predicted octanol–water partition coefficient (Wildman–Crippen LogP) is 0.967. The number of ether oxygens (including phenoxy) is 1. The lowest BCUT2D eigenvalue weighted by atomic mass is 9.96. The van der Waals surface area contributed by atoms with Gasteiger partial charge < -0.3 is 15.0 Å². The molecule has 0 radical (unpaired) electrons. The van der Waals surface area contributed by atoms with Crippen molar-refractivity contribution in [2.75, 3.05) is 26.7 Å². The molecule has 23 heavy (non-hydrogen) atoms. The second-order valence-corrected chi connectivity index (χ2v) is 5.35. The normalized spacial score (nSPS) is 15.1. The number of piperidine rings is 1. The van der Waals surface area contributed by atoms with Crippen molar-refractivity contribution in [3.8, 4) is 0 Å². The average Bonchev–Trinajstić information content (AvgIpc) is 2.59. The van der Waals surface area contributed by atoms with Crippen molar-refractivity contribution in [1.82, 2.24) is 10.2 Å². The summed E-state index contributed by atoms with van der Waals surface area (Å²) in [6.07, 6.45) is 0.971. The number of carbonyl (C=O) groups is 3. The second-order valence-electron chi connectivity index (χ2n) is 5.35. The van der Waals surface area contributed by atoms with Crippen LogP contribution in [-0.2, 0) is 14.3 Å². The Morgan fingerprint density at radius 3 is 2.39 bits per heavy atom. The molecular formula is C16H19FN2O4. The molecule has 0 bridgehead atoms. The molecule has 1 aromatic rings. The zero-order valence-corrected chi connectivity index (χ0v) is 12.9. The number of rotatable bonds is 4. The van der Waals surface area contributed by atoms with Gasteiger partial charge in [0.2, 0.25) is 0 Å². The summed E-state index contributed by atoms with van der Waals surface area (Å²) in [6, 6.07) is 5.38. The molecule has 6 nitrogen and oxygen atoms in total. The monoisotopic (exact) mass is 322 g/mol. The number of hydrogen-bond acceptors (Lipinski definition) is 4. The molecule has 1 aromatic carbocycles. The van der Waals surface area contributed by atoms with Crippen LogP contribution in [-0.4, -0.2) is 49.4 Å². The largest absolute Gasteiger partial charge is 0.455 e. The third-order valence-electron chi connectivity index (χ3n) is 3.83. The summed E-state index contributed by atoms with van der Waals surface area (Å²) in [5, 5.41) is 2.37. The number of likely N-dealkylation sites (N-methyl/N-ethyl adjacent to an activating group) is 1.